The van der Waals surface area contributed by atoms with Crippen molar-refractivity contribution in [3.63, 3.8) is 0 Å². The highest BCUT2D eigenvalue weighted by molar-refractivity contribution is 14.1. The van der Waals surface area contributed by atoms with Gasteiger partial charge in [-0.2, -0.15) is 0 Å². The highest BCUT2D eigenvalue weighted by Gasteiger charge is 2.04. The van der Waals surface area contributed by atoms with E-state index in [1.165, 1.54) is 6.07 Å². The SMILES string of the molecule is Fc1cc(I)c(CCl)cc1I. The van der Waals surface area contributed by atoms with E-state index in [1.54, 1.807) is 6.07 Å². The largest absolute Gasteiger partial charge is 0.206 e. The van der Waals surface area contributed by atoms with Crippen molar-refractivity contribution >= 4 is 56.8 Å². The molecule has 0 N–H and O–H groups in total. The van der Waals surface area contributed by atoms with Crippen LogP contribution >= 0.6 is 56.8 Å². The van der Waals surface area contributed by atoms with Crippen molar-refractivity contribution in [2.24, 2.45) is 0 Å². The fourth-order valence-electron chi connectivity index (χ4n) is 0.666. The van der Waals surface area contributed by atoms with Gasteiger partial charge in [0.05, 0.1) is 0 Å². The molecule has 0 saturated carbocycles. The van der Waals surface area contributed by atoms with Crippen molar-refractivity contribution in [2.75, 3.05) is 0 Å². The third-order valence-corrected chi connectivity index (χ3v) is 3.35. The molecule has 0 radical (unpaired) electrons. The van der Waals surface area contributed by atoms with E-state index in [4.69, 9.17) is 11.6 Å². The first kappa shape index (κ1) is 9.98. The van der Waals surface area contributed by atoms with Crippen LogP contribution < -0.4 is 0 Å². The van der Waals surface area contributed by atoms with Gasteiger partial charge in [0.15, 0.2) is 0 Å². The Balaban J connectivity index is 3.21. The molecule has 0 aromatic heterocycles. The molecule has 1 rings (SSSR count). The summed E-state index contributed by atoms with van der Waals surface area (Å²) in [6.45, 7) is 0. The first-order chi connectivity index (χ1) is 5.15. The Morgan fingerprint density at radius 3 is 2.45 bits per heavy atom. The molecule has 11 heavy (non-hydrogen) atoms. The predicted molar refractivity (Wildman–Crippen MR) is 61.4 cm³/mol. The Morgan fingerprint density at radius 1 is 1.27 bits per heavy atom. The van der Waals surface area contributed by atoms with E-state index in [0.717, 1.165) is 9.13 Å². The molecule has 1 aromatic carbocycles. The zero-order valence-electron chi connectivity index (χ0n) is 5.37. The van der Waals surface area contributed by atoms with E-state index in [1.807, 2.05) is 22.6 Å². The first-order valence-electron chi connectivity index (χ1n) is 2.84. The summed E-state index contributed by atoms with van der Waals surface area (Å²) in [5.41, 5.74) is 0.984. The molecule has 0 spiro atoms. The maximum atomic E-state index is 12.8. The first-order valence-corrected chi connectivity index (χ1v) is 5.53. The van der Waals surface area contributed by atoms with Crippen molar-refractivity contribution in [3.05, 3.63) is 30.7 Å². The standard InChI is InChI=1S/C7H4ClFI2/c8-3-4-1-7(11)5(9)2-6(4)10/h1-2H,3H2. The van der Waals surface area contributed by atoms with Gasteiger partial charge in [-0.15, -0.1) is 11.6 Å². The molecular weight excluding hydrogens is 392 g/mol. The quantitative estimate of drug-likeness (QED) is 0.385. The van der Waals surface area contributed by atoms with Crippen LogP contribution in [0.25, 0.3) is 0 Å². The van der Waals surface area contributed by atoms with Crippen LogP contribution in [0.15, 0.2) is 12.1 Å². The van der Waals surface area contributed by atoms with E-state index in [0.29, 0.717) is 9.45 Å². The molecule has 0 aliphatic heterocycles. The van der Waals surface area contributed by atoms with E-state index in [2.05, 4.69) is 22.6 Å². The van der Waals surface area contributed by atoms with Gasteiger partial charge < -0.3 is 0 Å². The summed E-state index contributed by atoms with van der Waals surface area (Å²) in [5, 5.41) is 0. The smallest absolute Gasteiger partial charge is 0.137 e. The second-order valence-electron chi connectivity index (χ2n) is 1.99. The summed E-state index contributed by atoms with van der Waals surface area (Å²) in [6.07, 6.45) is 0. The molecule has 0 heterocycles. The Bertz CT molecular complexity index is 275. The van der Waals surface area contributed by atoms with Gasteiger partial charge in [-0.1, -0.05) is 0 Å². The summed E-state index contributed by atoms with van der Waals surface area (Å²) >= 11 is 9.65. The molecule has 0 aliphatic carbocycles. The van der Waals surface area contributed by atoms with Crippen molar-refractivity contribution in [2.45, 2.75) is 5.88 Å². The summed E-state index contributed by atoms with van der Waals surface area (Å²) in [4.78, 5) is 0. The molecule has 0 unspecified atom stereocenters. The maximum Gasteiger partial charge on any atom is 0.137 e. The molecule has 0 atom stereocenters. The Kier molecular flexibility index (Phi) is 3.84. The normalized spacial score (nSPS) is 10.2. The zero-order chi connectivity index (χ0) is 8.43. The van der Waals surface area contributed by atoms with Crippen LogP contribution in [0.4, 0.5) is 4.39 Å². The van der Waals surface area contributed by atoms with E-state index >= 15 is 0 Å². The second-order valence-corrected chi connectivity index (χ2v) is 4.58. The second kappa shape index (κ2) is 4.23. The fourth-order valence-corrected chi connectivity index (χ4v) is 2.26. The summed E-state index contributed by atoms with van der Waals surface area (Å²) < 4.78 is 14.3. The highest BCUT2D eigenvalue weighted by Crippen LogP contribution is 2.20. The number of hydrogen-bond donors (Lipinski definition) is 0. The lowest BCUT2D eigenvalue weighted by Crippen LogP contribution is -1.89. The number of benzene rings is 1. The lowest BCUT2D eigenvalue weighted by Gasteiger charge is -2.01. The third-order valence-electron chi connectivity index (χ3n) is 1.23. The molecule has 4 heteroatoms. The average Bonchev–Trinajstić information content (AvgIpc) is 1.97. The fraction of sp³-hybridized carbons (Fsp3) is 0.143. The molecule has 0 fully saturated rings. The highest BCUT2D eigenvalue weighted by atomic mass is 127. The van der Waals surface area contributed by atoms with Crippen molar-refractivity contribution in [3.8, 4) is 0 Å². The monoisotopic (exact) mass is 396 g/mol. The molecule has 60 valence electrons. The van der Waals surface area contributed by atoms with Gasteiger partial charge in [-0.3, -0.25) is 0 Å². The van der Waals surface area contributed by atoms with Crippen LogP contribution in [0.3, 0.4) is 0 Å². The van der Waals surface area contributed by atoms with Crippen molar-refractivity contribution < 1.29 is 4.39 Å². The Labute approximate surface area is 96.8 Å². The summed E-state index contributed by atoms with van der Waals surface area (Å²) in [6, 6.07) is 3.27. The summed E-state index contributed by atoms with van der Waals surface area (Å²) in [7, 11) is 0. The van der Waals surface area contributed by atoms with Gasteiger partial charge in [-0.25, -0.2) is 4.39 Å². The lowest BCUT2D eigenvalue weighted by molar-refractivity contribution is 0.618. The van der Waals surface area contributed by atoms with Gasteiger partial charge in [0.1, 0.15) is 5.82 Å². The van der Waals surface area contributed by atoms with Crippen LogP contribution in [0.5, 0.6) is 0 Å². The average molecular weight is 396 g/mol. The van der Waals surface area contributed by atoms with Crippen LogP contribution in [0.2, 0.25) is 0 Å². The van der Waals surface area contributed by atoms with Crippen LogP contribution in [0, 0.1) is 13.0 Å². The Morgan fingerprint density at radius 2 is 1.91 bits per heavy atom. The van der Waals surface area contributed by atoms with Gasteiger partial charge in [0.2, 0.25) is 0 Å². The van der Waals surface area contributed by atoms with Crippen molar-refractivity contribution in [1.82, 2.24) is 0 Å². The number of halogens is 4. The van der Waals surface area contributed by atoms with Crippen LogP contribution in [-0.2, 0) is 5.88 Å². The zero-order valence-corrected chi connectivity index (χ0v) is 10.4. The number of alkyl halides is 1. The van der Waals surface area contributed by atoms with Crippen LogP contribution in [-0.4, -0.2) is 0 Å². The maximum absolute atomic E-state index is 12.8. The molecule has 0 amide bonds. The molecule has 0 nitrogen and oxygen atoms in total. The minimum atomic E-state index is -0.177. The van der Waals surface area contributed by atoms with Gasteiger partial charge in [0.25, 0.3) is 0 Å². The predicted octanol–water partition coefficient (Wildman–Crippen LogP) is 3.77. The molecule has 0 bridgehead atoms. The van der Waals surface area contributed by atoms with Gasteiger partial charge in [-0.05, 0) is 62.9 Å². The topological polar surface area (TPSA) is 0 Å². The third kappa shape index (κ3) is 2.42. The summed E-state index contributed by atoms with van der Waals surface area (Å²) in [5.74, 6) is 0.262. The number of rotatable bonds is 1. The van der Waals surface area contributed by atoms with Gasteiger partial charge >= 0.3 is 0 Å². The van der Waals surface area contributed by atoms with Crippen molar-refractivity contribution in [1.29, 1.82) is 0 Å². The van der Waals surface area contributed by atoms with E-state index in [-0.39, 0.29) is 5.82 Å². The lowest BCUT2D eigenvalue weighted by atomic mass is 10.2. The minimum absolute atomic E-state index is 0.177. The van der Waals surface area contributed by atoms with E-state index < -0.39 is 0 Å². The Hall–Kier alpha value is 0.900. The molecule has 1 aromatic rings. The number of hydrogen-bond acceptors (Lipinski definition) is 0. The van der Waals surface area contributed by atoms with Crippen LogP contribution in [0.1, 0.15) is 5.56 Å². The molecular formula is C7H4ClFI2. The minimum Gasteiger partial charge on any atom is -0.206 e. The van der Waals surface area contributed by atoms with E-state index in [9.17, 15) is 4.39 Å². The molecule has 0 saturated heterocycles. The van der Waals surface area contributed by atoms with Gasteiger partial charge in [0, 0.05) is 13.0 Å². The molecule has 0 aliphatic rings.